The predicted octanol–water partition coefficient (Wildman–Crippen LogP) is 2.11. The van der Waals surface area contributed by atoms with Crippen LogP contribution >= 0.6 is 11.3 Å². The van der Waals surface area contributed by atoms with Crippen molar-refractivity contribution in [2.24, 2.45) is 12.0 Å². The molecule has 0 aliphatic heterocycles. The number of fused-ring (bicyclic) bond motifs is 1. The summed E-state index contributed by atoms with van der Waals surface area (Å²) in [6.45, 7) is 0. The number of nitrogens with zero attached hydrogens (tertiary/aromatic N) is 3. The van der Waals surface area contributed by atoms with Gasteiger partial charge in [0.15, 0.2) is 4.80 Å². The molecule has 0 saturated heterocycles. The topological polar surface area (TPSA) is 60.4 Å². The first-order chi connectivity index (χ1) is 9.15. The van der Waals surface area contributed by atoms with E-state index in [-0.39, 0.29) is 11.6 Å². The van der Waals surface area contributed by atoms with Gasteiger partial charge in [0.2, 0.25) is 5.76 Å². The van der Waals surface area contributed by atoms with E-state index in [1.54, 1.807) is 17.7 Å². The molecule has 0 saturated carbocycles. The molecule has 19 heavy (non-hydrogen) atoms. The van der Waals surface area contributed by atoms with Gasteiger partial charge >= 0.3 is 5.91 Å². The molecular weight excluding hydrogens is 269 g/mol. The summed E-state index contributed by atoms with van der Waals surface area (Å²) in [4.78, 5) is 16.2. The van der Waals surface area contributed by atoms with Crippen molar-refractivity contribution < 1.29 is 13.7 Å². The lowest BCUT2D eigenvalue weighted by Gasteiger charge is -1.94. The fourth-order valence-electron chi connectivity index (χ4n) is 1.68. The quantitative estimate of drug-likeness (QED) is 0.684. The SMILES string of the molecule is Cn1c(=NC(=O)c2ccno2)sc2cc(F)ccc21. The van der Waals surface area contributed by atoms with Crippen LogP contribution in [0.2, 0.25) is 0 Å². The van der Waals surface area contributed by atoms with Gasteiger partial charge in [-0.1, -0.05) is 16.5 Å². The molecule has 2 heterocycles. The highest BCUT2D eigenvalue weighted by Gasteiger charge is 2.10. The van der Waals surface area contributed by atoms with E-state index in [0.29, 0.717) is 4.80 Å². The van der Waals surface area contributed by atoms with Gasteiger partial charge in [-0.05, 0) is 18.2 Å². The Labute approximate surface area is 110 Å². The van der Waals surface area contributed by atoms with Crippen LogP contribution in [0.4, 0.5) is 4.39 Å². The predicted molar refractivity (Wildman–Crippen MR) is 67.2 cm³/mol. The molecule has 0 bridgehead atoms. The van der Waals surface area contributed by atoms with Crippen molar-refractivity contribution in [3.8, 4) is 0 Å². The maximum absolute atomic E-state index is 13.1. The molecule has 0 N–H and O–H groups in total. The molecular formula is C12H8FN3O2S. The molecule has 0 atom stereocenters. The Kier molecular flexibility index (Phi) is 2.75. The summed E-state index contributed by atoms with van der Waals surface area (Å²) < 4.78 is 20.3. The molecule has 1 aromatic carbocycles. The van der Waals surface area contributed by atoms with Gasteiger partial charge in [-0.2, -0.15) is 4.99 Å². The number of halogens is 1. The summed E-state index contributed by atoms with van der Waals surface area (Å²) in [6.07, 6.45) is 1.38. The Morgan fingerprint density at radius 1 is 1.47 bits per heavy atom. The highest BCUT2D eigenvalue weighted by atomic mass is 32.1. The van der Waals surface area contributed by atoms with E-state index in [4.69, 9.17) is 4.52 Å². The number of hydrogen-bond acceptors (Lipinski definition) is 4. The molecule has 7 heteroatoms. The molecule has 1 amide bonds. The summed E-state index contributed by atoms with van der Waals surface area (Å²) in [7, 11) is 1.77. The zero-order valence-electron chi connectivity index (χ0n) is 9.83. The van der Waals surface area contributed by atoms with Gasteiger partial charge < -0.3 is 9.09 Å². The molecule has 0 fully saturated rings. The lowest BCUT2D eigenvalue weighted by molar-refractivity contribution is 0.0962. The Morgan fingerprint density at radius 3 is 3.05 bits per heavy atom. The van der Waals surface area contributed by atoms with E-state index in [2.05, 4.69) is 10.1 Å². The third kappa shape index (κ3) is 2.08. The number of aryl methyl sites for hydroxylation is 1. The number of amides is 1. The van der Waals surface area contributed by atoms with Crippen LogP contribution in [0.5, 0.6) is 0 Å². The lowest BCUT2D eigenvalue weighted by Crippen LogP contribution is -2.12. The van der Waals surface area contributed by atoms with Crippen molar-refractivity contribution in [3.63, 3.8) is 0 Å². The van der Waals surface area contributed by atoms with Crippen LogP contribution in [0.1, 0.15) is 10.6 Å². The second kappa shape index (κ2) is 4.43. The fraction of sp³-hybridized carbons (Fsp3) is 0.0833. The Morgan fingerprint density at radius 2 is 2.32 bits per heavy atom. The van der Waals surface area contributed by atoms with Crippen LogP contribution in [0, 0.1) is 5.82 Å². The number of carbonyl (C=O) groups excluding carboxylic acids is 1. The summed E-state index contributed by atoms with van der Waals surface area (Å²) in [5.74, 6) is -0.758. The first-order valence-corrected chi connectivity index (χ1v) is 6.21. The van der Waals surface area contributed by atoms with E-state index in [1.807, 2.05) is 0 Å². The van der Waals surface area contributed by atoms with Crippen molar-refractivity contribution in [2.75, 3.05) is 0 Å². The number of benzene rings is 1. The van der Waals surface area contributed by atoms with Gasteiger partial charge in [0.05, 0.1) is 16.4 Å². The van der Waals surface area contributed by atoms with Gasteiger partial charge in [-0.25, -0.2) is 4.39 Å². The minimum absolute atomic E-state index is 0.0728. The molecule has 2 aromatic heterocycles. The van der Waals surface area contributed by atoms with Gasteiger partial charge in [0.1, 0.15) is 5.82 Å². The van der Waals surface area contributed by atoms with Crippen LogP contribution in [0.3, 0.4) is 0 Å². The molecule has 5 nitrogen and oxygen atoms in total. The van der Waals surface area contributed by atoms with E-state index in [9.17, 15) is 9.18 Å². The zero-order chi connectivity index (χ0) is 13.4. The lowest BCUT2D eigenvalue weighted by atomic mass is 10.3. The fourth-order valence-corrected chi connectivity index (χ4v) is 2.72. The van der Waals surface area contributed by atoms with Crippen LogP contribution in [-0.4, -0.2) is 15.6 Å². The Balaban J connectivity index is 2.15. The number of aromatic nitrogens is 2. The average molecular weight is 277 g/mol. The normalized spacial score (nSPS) is 12.2. The van der Waals surface area contributed by atoms with Crippen molar-refractivity contribution >= 4 is 27.5 Å². The van der Waals surface area contributed by atoms with E-state index >= 15 is 0 Å². The second-order valence-corrected chi connectivity index (χ2v) is 4.86. The highest BCUT2D eigenvalue weighted by molar-refractivity contribution is 7.16. The molecule has 96 valence electrons. The summed E-state index contributed by atoms with van der Waals surface area (Å²) in [6, 6.07) is 5.88. The maximum atomic E-state index is 13.1. The minimum Gasteiger partial charge on any atom is -0.351 e. The average Bonchev–Trinajstić information content (AvgIpc) is 2.99. The summed E-state index contributed by atoms with van der Waals surface area (Å²) >= 11 is 1.24. The summed E-state index contributed by atoms with van der Waals surface area (Å²) in [5.41, 5.74) is 0.815. The smallest absolute Gasteiger partial charge is 0.318 e. The van der Waals surface area contributed by atoms with Gasteiger partial charge in [-0.15, -0.1) is 0 Å². The first-order valence-electron chi connectivity index (χ1n) is 5.40. The van der Waals surface area contributed by atoms with Crippen molar-refractivity contribution in [1.82, 2.24) is 9.72 Å². The van der Waals surface area contributed by atoms with Crippen LogP contribution < -0.4 is 4.80 Å². The van der Waals surface area contributed by atoms with Crippen molar-refractivity contribution in [1.29, 1.82) is 0 Å². The Bertz CT molecular complexity index is 817. The Hall–Kier alpha value is -2.28. The third-order valence-corrected chi connectivity index (χ3v) is 3.71. The number of carbonyl (C=O) groups is 1. The van der Waals surface area contributed by atoms with Gasteiger partial charge in [0, 0.05) is 13.1 Å². The van der Waals surface area contributed by atoms with E-state index in [0.717, 1.165) is 10.2 Å². The number of thiazole rings is 1. The van der Waals surface area contributed by atoms with Crippen molar-refractivity contribution in [2.45, 2.75) is 0 Å². The molecule has 3 aromatic rings. The minimum atomic E-state index is -0.514. The molecule has 3 rings (SSSR count). The van der Waals surface area contributed by atoms with Gasteiger partial charge in [0.25, 0.3) is 0 Å². The third-order valence-electron chi connectivity index (χ3n) is 2.62. The molecule has 0 aliphatic carbocycles. The number of hydrogen-bond donors (Lipinski definition) is 0. The van der Waals surface area contributed by atoms with Crippen LogP contribution in [0.15, 0.2) is 40.0 Å². The van der Waals surface area contributed by atoms with Crippen LogP contribution in [-0.2, 0) is 7.05 Å². The van der Waals surface area contributed by atoms with E-state index < -0.39 is 5.91 Å². The van der Waals surface area contributed by atoms with Crippen molar-refractivity contribution in [3.05, 3.63) is 46.8 Å². The molecule has 0 radical (unpaired) electrons. The first kappa shape index (κ1) is 11.8. The molecule has 0 aliphatic rings. The zero-order valence-corrected chi connectivity index (χ0v) is 10.6. The maximum Gasteiger partial charge on any atom is 0.318 e. The van der Waals surface area contributed by atoms with Gasteiger partial charge in [-0.3, -0.25) is 4.79 Å². The molecule has 0 spiro atoms. The van der Waals surface area contributed by atoms with E-state index in [1.165, 1.54) is 35.7 Å². The standard InChI is InChI=1S/C12H8FN3O2S/c1-16-8-3-2-7(13)6-10(8)19-12(16)15-11(17)9-4-5-14-18-9/h2-6H,1H3. The van der Waals surface area contributed by atoms with Crippen LogP contribution in [0.25, 0.3) is 10.2 Å². The molecule has 0 unspecified atom stereocenters. The largest absolute Gasteiger partial charge is 0.351 e. The summed E-state index contributed by atoms with van der Waals surface area (Å²) in [5, 5.41) is 3.45. The second-order valence-electron chi connectivity index (χ2n) is 3.85. The number of rotatable bonds is 1. The highest BCUT2D eigenvalue weighted by Crippen LogP contribution is 2.17. The monoisotopic (exact) mass is 277 g/mol.